The van der Waals surface area contributed by atoms with E-state index in [2.05, 4.69) is 0 Å². The van der Waals surface area contributed by atoms with E-state index in [4.69, 9.17) is 15.2 Å². The summed E-state index contributed by atoms with van der Waals surface area (Å²) in [5.41, 5.74) is 5.58. The predicted octanol–water partition coefficient (Wildman–Crippen LogP) is 1.58. The van der Waals surface area contributed by atoms with Gasteiger partial charge in [-0.25, -0.2) is 0 Å². The quantitative estimate of drug-likeness (QED) is 0.818. The van der Waals surface area contributed by atoms with Gasteiger partial charge < -0.3 is 15.2 Å². The first-order valence-corrected chi connectivity index (χ1v) is 4.69. The number of hydrogen-bond acceptors (Lipinski definition) is 3. The van der Waals surface area contributed by atoms with Crippen molar-refractivity contribution < 1.29 is 14.3 Å². The number of nitrogens with two attached hydrogens (primary N) is 1. The van der Waals surface area contributed by atoms with Gasteiger partial charge in [-0.2, -0.15) is 0 Å². The lowest BCUT2D eigenvalue weighted by atomic mass is 10.2. The Balaban J connectivity index is 3.07. The highest BCUT2D eigenvalue weighted by atomic mass is 16.5. The molecule has 0 aliphatic rings. The molecule has 4 nitrogen and oxygen atoms in total. The highest BCUT2D eigenvalue weighted by Gasteiger charge is 2.09. The molecule has 0 atom stereocenters. The Morgan fingerprint density at radius 2 is 2.00 bits per heavy atom. The first-order valence-electron chi connectivity index (χ1n) is 4.69. The van der Waals surface area contributed by atoms with Gasteiger partial charge in [0.15, 0.2) is 11.5 Å². The van der Waals surface area contributed by atoms with E-state index < -0.39 is 5.91 Å². The summed E-state index contributed by atoms with van der Waals surface area (Å²) in [6.45, 7) is 3.80. The number of ether oxygens (including phenoxy) is 2. The number of primary amides is 1. The highest BCUT2D eigenvalue weighted by molar-refractivity contribution is 5.93. The molecule has 4 heteroatoms. The molecule has 0 saturated carbocycles. The minimum Gasteiger partial charge on any atom is -0.493 e. The maximum absolute atomic E-state index is 11.0. The van der Waals surface area contributed by atoms with Crippen LogP contribution >= 0.6 is 0 Å². The second-order valence-electron chi connectivity index (χ2n) is 3.40. The third-order valence-electron chi connectivity index (χ3n) is 1.81. The number of carbonyl (C=O) groups excluding carboxylic acids is 1. The van der Waals surface area contributed by atoms with E-state index in [1.165, 1.54) is 0 Å². The van der Waals surface area contributed by atoms with Crippen LogP contribution in [0.15, 0.2) is 18.2 Å². The molecule has 0 aromatic heterocycles. The van der Waals surface area contributed by atoms with E-state index in [9.17, 15) is 4.79 Å². The molecule has 0 heterocycles. The third kappa shape index (κ3) is 2.87. The van der Waals surface area contributed by atoms with Crippen molar-refractivity contribution >= 4 is 5.91 Å². The molecular formula is C11H15NO3. The maximum Gasteiger partial charge on any atom is 0.248 e. The van der Waals surface area contributed by atoms with Gasteiger partial charge in [0.1, 0.15) is 0 Å². The fourth-order valence-electron chi connectivity index (χ4n) is 1.18. The van der Waals surface area contributed by atoms with Gasteiger partial charge in [0.2, 0.25) is 5.91 Å². The minimum absolute atomic E-state index is 0.0158. The Labute approximate surface area is 89.0 Å². The lowest BCUT2D eigenvalue weighted by Crippen LogP contribution is -2.12. The number of benzene rings is 1. The summed E-state index contributed by atoms with van der Waals surface area (Å²) in [6, 6.07) is 4.85. The van der Waals surface area contributed by atoms with E-state index in [0.717, 1.165) is 0 Å². The van der Waals surface area contributed by atoms with Crippen LogP contribution in [0, 0.1) is 0 Å². The summed E-state index contributed by atoms with van der Waals surface area (Å²) in [7, 11) is 1.55. The van der Waals surface area contributed by atoms with Gasteiger partial charge in [-0.05, 0) is 32.0 Å². The molecule has 0 radical (unpaired) electrons. The van der Waals surface area contributed by atoms with Gasteiger partial charge in [0.25, 0.3) is 0 Å². The SMILES string of the molecule is COc1ccc(C(N)=O)cc1OC(C)C. The van der Waals surface area contributed by atoms with Gasteiger partial charge in [-0.1, -0.05) is 0 Å². The van der Waals surface area contributed by atoms with Crippen molar-refractivity contribution in [3.05, 3.63) is 23.8 Å². The van der Waals surface area contributed by atoms with Crippen molar-refractivity contribution in [2.75, 3.05) is 7.11 Å². The lowest BCUT2D eigenvalue weighted by Gasteiger charge is -2.13. The normalized spacial score (nSPS) is 10.1. The molecule has 0 aliphatic heterocycles. The van der Waals surface area contributed by atoms with Gasteiger partial charge in [0.05, 0.1) is 13.2 Å². The van der Waals surface area contributed by atoms with Crippen molar-refractivity contribution in [2.24, 2.45) is 5.73 Å². The second kappa shape index (κ2) is 4.68. The van der Waals surface area contributed by atoms with Crippen LogP contribution in [0.3, 0.4) is 0 Å². The molecule has 1 amide bonds. The molecule has 82 valence electrons. The molecule has 0 aliphatic carbocycles. The summed E-state index contributed by atoms with van der Waals surface area (Å²) in [5.74, 6) is 0.642. The first kappa shape index (κ1) is 11.4. The molecule has 1 aromatic carbocycles. The Hall–Kier alpha value is -1.71. The summed E-state index contributed by atoms with van der Waals surface area (Å²) in [4.78, 5) is 11.0. The number of methoxy groups -OCH3 is 1. The Morgan fingerprint density at radius 3 is 2.47 bits per heavy atom. The standard InChI is InChI=1S/C11H15NO3/c1-7(2)15-10-6-8(11(12)13)4-5-9(10)14-3/h4-7H,1-3H3,(H2,12,13). The smallest absolute Gasteiger partial charge is 0.248 e. The third-order valence-corrected chi connectivity index (χ3v) is 1.81. The predicted molar refractivity (Wildman–Crippen MR) is 57.3 cm³/mol. The topological polar surface area (TPSA) is 61.5 Å². The number of amides is 1. The van der Waals surface area contributed by atoms with Crippen LogP contribution in [-0.2, 0) is 0 Å². The Kier molecular flexibility index (Phi) is 3.55. The van der Waals surface area contributed by atoms with Crippen LogP contribution in [0.2, 0.25) is 0 Å². The van der Waals surface area contributed by atoms with E-state index in [0.29, 0.717) is 17.1 Å². The van der Waals surface area contributed by atoms with Crippen molar-refractivity contribution in [1.82, 2.24) is 0 Å². The van der Waals surface area contributed by atoms with Gasteiger partial charge in [-0.3, -0.25) is 4.79 Å². The molecule has 15 heavy (non-hydrogen) atoms. The second-order valence-corrected chi connectivity index (χ2v) is 3.40. The van der Waals surface area contributed by atoms with E-state index in [1.807, 2.05) is 13.8 Å². The first-order chi connectivity index (χ1) is 7.04. The Bertz CT molecular complexity index is 361. The van der Waals surface area contributed by atoms with Crippen LogP contribution in [-0.4, -0.2) is 19.1 Å². The van der Waals surface area contributed by atoms with Gasteiger partial charge >= 0.3 is 0 Å². The number of carbonyl (C=O) groups is 1. The molecule has 0 unspecified atom stereocenters. The number of rotatable bonds is 4. The fraction of sp³-hybridized carbons (Fsp3) is 0.364. The molecule has 1 aromatic rings. The maximum atomic E-state index is 11.0. The summed E-state index contributed by atoms with van der Waals surface area (Å²) in [5, 5.41) is 0. The molecule has 0 fully saturated rings. The highest BCUT2D eigenvalue weighted by Crippen LogP contribution is 2.28. The fourth-order valence-corrected chi connectivity index (χ4v) is 1.18. The summed E-state index contributed by atoms with van der Waals surface area (Å²) in [6.07, 6.45) is 0.0158. The molecule has 2 N–H and O–H groups in total. The van der Waals surface area contributed by atoms with Crippen LogP contribution in [0.4, 0.5) is 0 Å². The molecular weight excluding hydrogens is 194 g/mol. The van der Waals surface area contributed by atoms with Crippen LogP contribution in [0.25, 0.3) is 0 Å². The van der Waals surface area contributed by atoms with E-state index >= 15 is 0 Å². The van der Waals surface area contributed by atoms with Crippen molar-refractivity contribution in [1.29, 1.82) is 0 Å². The molecule has 0 saturated heterocycles. The van der Waals surface area contributed by atoms with E-state index in [-0.39, 0.29) is 6.10 Å². The molecule has 1 rings (SSSR count). The van der Waals surface area contributed by atoms with Gasteiger partial charge in [0, 0.05) is 5.56 Å². The zero-order chi connectivity index (χ0) is 11.4. The van der Waals surface area contributed by atoms with Crippen LogP contribution in [0.5, 0.6) is 11.5 Å². The van der Waals surface area contributed by atoms with E-state index in [1.54, 1.807) is 25.3 Å². The monoisotopic (exact) mass is 209 g/mol. The van der Waals surface area contributed by atoms with Crippen LogP contribution in [0.1, 0.15) is 24.2 Å². The largest absolute Gasteiger partial charge is 0.493 e. The summed E-state index contributed by atoms with van der Waals surface area (Å²) < 4.78 is 10.6. The lowest BCUT2D eigenvalue weighted by molar-refractivity contribution is 0.0999. The van der Waals surface area contributed by atoms with Crippen molar-refractivity contribution in [2.45, 2.75) is 20.0 Å². The van der Waals surface area contributed by atoms with Crippen molar-refractivity contribution in [3.63, 3.8) is 0 Å². The molecule has 0 spiro atoms. The zero-order valence-electron chi connectivity index (χ0n) is 9.11. The van der Waals surface area contributed by atoms with Gasteiger partial charge in [-0.15, -0.1) is 0 Å². The molecule has 0 bridgehead atoms. The average molecular weight is 209 g/mol. The van der Waals surface area contributed by atoms with Crippen molar-refractivity contribution in [3.8, 4) is 11.5 Å². The van der Waals surface area contributed by atoms with Crippen LogP contribution < -0.4 is 15.2 Å². The minimum atomic E-state index is -0.480. The Morgan fingerprint density at radius 1 is 1.33 bits per heavy atom. The summed E-state index contributed by atoms with van der Waals surface area (Å²) >= 11 is 0. The zero-order valence-corrected chi connectivity index (χ0v) is 9.11. The number of hydrogen-bond donors (Lipinski definition) is 1. The average Bonchev–Trinajstić information content (AvgIpc) is 2.16.